The Hall–Kier alpha value is -0.830. The first-order valence-electron chi connectivity index (χ1n) is 5.10. The van der Waals surface area contributed by atoms with Crippen LogP contribution in [0.4, 0.5) is 0 Å². The van der Waals surface area contributed by atoms with Gasteiger partial charge in [-0.3, -0.25) is 0 Å². The summed E-state index contributed by atoms with van der Waals surface area (Å²) in [5, 5.41) is 0. The topological polar surface area (TPSA) is 26.3 Å². The van der Waals surface area contributed by atoms with Crippen LogP contribution in [0.25, 0.3) is 0 Å². The van der Waals surface area contributed by atoms with Crippen molar-refractivity contribution in [2.24, 2.45) is 0 Å². The third kappa shape index (κ3) is 3.34. The van der Waals surface area contributed by atoms with Crippen LogP contribution in [0.5, 0.6) is 0 Å². The summed E-state index contributed by atoms with van der Waals surface area (Å²) in [6.07, 6.45) is 1.03. The third-order valence-corrected chi connectivity index (χ3v) is 3.32. The summed E-state index contributed by atoms with van der Waals surface area (Å²) in [6, 6.07) is 7.51. The maximum absolute atomic E-state index is 11.4. The molecule has 1 atom stereocenters. The van der Waals surface area contributed by atoms with Gasteiger partial charge in [-0.15, -0.1) is 0 Å². The van der Waals surface area contributed by atoms with Crippen molar-refractivity contribution in [1.82, 2.24) is 0 Å². The standard InChI is InChI=1S/C12H15BrO2/c1-3-11(13)9-5-7-10(8-6-9)12(14)15-4-2/h5-8,11H,3-4H2,1-2H3. The van der Waals surface area contributed by atoms with Crippen molar-refractivity contribution in [2.75, 3.05) is 6.61 Å². The zero-order chi connectivity index (χ0) is 11.3. The van der Waals surface area contributed by atoms with Gasteiger partial charge in [-0.05, 0) is 31.0 Å². The van der Waals surface area contributed by atoms with Crippen molar-refractivity contribution >= 4 is 21.9 Å². The summed E-state index contributed by atoms with van der Waals surface area (Å²) in [5.74, 6) is -0.258. The lowest BCUT2D eigenvalue weighted by Crippen LogP contribution is -2.04. The zero-order valence-electron chi connectivity index (χ0n) is 9.00. The van der Waals surface area contributed by atoms with Crippen LogP contribution in [-0.2, 0) is 4.74 Å². The lowest BCUT2D eigenvalue weighted by molar-refractivity contribution is 0.0526. The van der Waals surface area contributed by atoms with E-state index in [1.165, 1.54) is 5.56 Å². The summed E-state index contributed by atoms with van der Waals surface area (Å²) in [5.41, 5.74) is 1.79. The summed E-state index contributed by atoms with van der Waals surface area (Å²) >= 11 is 3.56. The molecule has 0 fully saturated rings. The van der Waals surface area contributed by atoms with Gasteiger partial charge < -0.3 is 4.74 Å². The van der Waals surface area contributed by atoms with Gasteiger partial charge in [-0.2, -0.15) is 0 Å². The van der Waals surface area contributed by atoms with Crippen LogP contribution < -0.4 is 0 Å². The molecular formula is C12H15BrO2. The van der Waals surface area contributed by atoms with E-state index in [9.17, 15) is 4.79 Å². The van der Waals surface area contributed by atoms with Gasteiger partial charge in [-0.1, -0.05) is 35.0 Å². The summed E-state index contributed by atoms with van der Waals surface area (Å²) in [6.45, 7) is 4.33. The first kappa shape index (κ1) is 12.2. The molecular weight excluding hydrogens is 256 g/mol. The number of carbonyl (C=O) groups excluding carboxylic acids is 1. The molecule has 1 rings (SSSR count). The first-order valence-corrected chi connectivity index (χ1v) is 6.01. The molecule has 0 saturated carbocycles. The molecule has 0 aromatic heterocycles. The van der Waals surface area contributed by atoms with E-state index in [1.807, 2.05) is 12.1 Å². The Morgan fingerprint density at radius 2 is 1.93 bits per heavy atom. The predicted molar refractivity (Wildman–Crippen MR) is 64.4 cm³/mol. The average molecular weight is 271 g/mol. The van der Waals surface area contributed by atoms with Crippen molar-refractivity contribution in [2.45, 2.75) is 25.1 Å². The Morgan fingerprint density at radius 1 is 1.33 bits per heavy atom. The Kier molecular flexibility index (Phi) is 4.82. The molecule has 0 N–H and O–H groups in total. The van der Waals surface area contributed by atoms with E-state index in [-0.39, 0.29) is 5.97 Å². The molecule has 0 aliphatic heterocycles. The van der Waals surface area contributed by atoms with Crippen molar-refractivity contribution in [3.8, 4) is 0 Å². The molecule has 2 nitrogen and oxygen atoms in total. The highest BCUT2D eigenvalue weighted by atomic mass is 79.9. The van der Waals surface area contributed by atoms with Crippen molar-refractivity contribution in [3.05, 3.63) is 35.4 Å². The highest BCUT2D eigenvalue weighted by Crippen LogP contribution is 2.25. The largest absolute Gasteiger partial charge is 0.462 e. The summed E-state index contributed by atoms with van der Waals surface area (Å²) in [7, 11) is 0. The van der Waals surface area contributed by atoms with Crippen molar-refractivity contribution in [3.63, 3.8) is 0 Å². The Morgan fingerprint density at radius 3 is 2.40 bits per heavy atom. The summed E-state index contributed by atoms with van der Waals surface area (Å²) < 4.78 is 4.90. The lowest BCUT2D eigenvalue weighted by atomic mass is 10.1. The van der Waals surface area contributed by atoms with Crippen LogP contribution in [0.3, 0.4) is 0 Å². The molecule has 82 valence electrons. The predicted octanol–water partition coefficient (Wildman–Crippen LogP) is 3.71. The van der Waals surface area contributed by atoms with Gasteiger partial charge in [0.15, 0.2) is 0 Å². The number of rotatable bonds is 4. The quantitative estimate of drug-likeness (QED) is 0.616. The normalized spacial score (nSPS) is 12.2. The molecule has 1 unspecified atom stereocenters. The number of esters is 1. The number of ether oxygens (including phenoxy) is 1. The number of hydrogen-bond donors (Lipinski definition) is 0. The maximum Gasteiger partial charge on any atom is 0.338 e. The van der Waals surface area contributed by atoms with Crippen LogP contribution in [0.15, 0.2) is 24.3 Å². The minimum Gasteiger partial charge on any atom is -0.462 e. The molecule has 0 saturated heterocycles. The zero-order valence-corrected chi connectivity index (χ0v) is 10.6. The van der Waals surface area contributed by atoms with Crippen LogP contribution >= 0.6 is 15.9 Å². The van der Waals surface area contributed by atoms with E-state index in [2.05, 4.69) is 22.9 Å². The van der Waals surface area contributed by atoms with E-state index < -0.39 is 0 Å². The molecule has 1 aromatic carbocycles. The summed E-state index contributed by atoms with van der Waals surface area (Å²) in [4.78, 5) is 11.7. The van der Waals surface area contributed by atoms with Crippen molar-refractivity contribution in [1.29, 1.82) is 0 Å². The average Bonchev–Trinajstić information content (AvgIpc) is 2.28. The molecule has 1 aromatic rings. The molecule has 0 aliphatic rings. The fraction of sp³-hybridized carbons (Fsp3) is 0.417. The Balaban J connectivity index is 2.76. The molecule has 0 aliphatic carbocycles. The van der Waals surface area contributed by atoms with Gasteiger partial charge in [0.1, 0.15) is 0 Å². The fourth-order valence-corrected chi connectivity index (χ4v) is 1.58. The van der Waals surface area contributed by atoms with Crippen LogP contribution in [0.1, 0.15) is 41.0 Å². The van der Waals surface area contributed by atoms with Gasteiger partial charge in [0, 0.05) is 4.83 Å². The van der Waals surface area contributed by atoms with Crippen LogP contribution in [-0.4, -0.2) is 12.6 Å². The Bertz CT molecular complexity index is 319. The smallest absolute Gasteiger partial charge is 0.338 e. The molecule has 0 radical (unpaired) electrons. The van der Waals surface area contributed by atoms with Gasteiger partial charge in [0.2, 0.25) is 0 Å². The highest BCUT2D eigenvalue weighted by molar-refractivity contribution is 9.09. The molecule has 0 spiro atoms. The number of hydrogen-bond acceptors (Lipinski definition) is 2. The van der Waals surface area contributed by atoms with E-state index in [0.717, 1.165) is 6.42 Å². The number of benzene rings is 1. The number of halogens is 1. The molecule has 0 heterocycles. The molecule has 3 heteroatoms. The van der Waals surface area contributed by atoms with Gasteiger partial charge in [0.25, 0.3) is 0 Å². The molecule has 0 bridgehead atoms. The second-order valence-corrected chi connectivity index (χ2v) is 4.32. The number of alkyl halides is 1. The first-order chi connectivity index (χ1) is 7.19. The van der Waals surface area contributed by atoms with E-state index >= 15 is 0 Å². The van der Waals surface area contributed by atoms with Gasteiger partial charge in [-0.25, -0.2) is 4.79 Å². The second-order valence-electron chi connectivity index (χ2n) is 3.22. The minimum absolute atomic E-state index is 0.258. The SMILES string of the molecule is CCOC(=O)c1ccc(C(Br)CC)cc1. The van der Waals surface area contributed by atoms with E-state index in [4.69, 9.17) is 4.74 Å². The third-order valence-electron chi connectivity index (χ3n) is 2.14. The van der Waals surface area contributed by atoms with E-state index in [1.54, 1.807) is 19.1 Å². The fourth-order valence-electron chi connectivity index (χ4n) is 1.28. The second kappa shape index (κ2) is 5.91. The van der Waals surface area contributed by atoms with Crippen molar-refractivity contribution < 1.29 is 9.53 Å². The van der Waals surface area contributed by atoms with Gasteiger partial charge >= 0.3 is 5.97 Å². The minimum atomic E-state index is -0.258. The molecule has 15 heavy (non-hydrogen) atoms. The van der Waals surface area contributed by atoms with Gasteiger partial charge in [0.05, 0.1) is 12.2 Å². The van der Waals surface area contributed by atoms with E-state index in [0.29, 0.717) is 17.0 Å². The van der Waals surface area contributed by atoms with Crippen LogP contribution in [0, 0.1) is 0 Å². The van der Waals surface area contributed by atoms with Crippen LogP contribution in [0.2, 0.25) is 0 Å². The maximum atomic E-state index is 11.4. The molecule has 0 amide bonds. The Labute approximate surface area is 98.8 Å². The monoisotopic (exact) mass is 270 g/mol. The lowest BCUT2D eigenvalue weighted by Gasteiger charge is -2.07. The number of carbonyl (C=O) groups is 1. The highest BCUT2D eigenvalue weighted by Gasteiger charge is 2.08.